The number of fused-ring (bicyclic) bond motifs is 1. The van der Waals surface area contributed by atoms with Crippen molar-refractivity contribution >= 4 is 22.7 Å². The number of carbonyl (C=O) groups excluding carboxylic acids is 1. The number of aromatic nitrogens is 1. The topological polar surface area (TPSA) is 51.2 Å². The van der Waals surface area contributed by atoms with Gasteiger partial charge in [-0.25, -0.2) is 14.2 Å². The minimum absolute atomic E-state index is 0.256. The van der Waals surface area contributed by atoms with Crippen LogP contribution < -0.4 is 5.32 Å². The van der Waals surface area contributed by atoms with Crippen molar-refractivity contribution in [2.45, 2.75) is 26.4 Å². The summed E-state index contributed by atoms with van der Waals surface area (Å²) in [4.78, 5) is 15.6. The van der Waals surface area contributed by atoms with Crippen LogP contribution in [0.1, 0.15) is 20.8 Å². The lowest BCUT2D eigenvalue weighted by Crippen LogP contribution is -2.27. The summed E-state index contributed by atoms with van der Waals surface area (Å²) in [5, 5.41) is 3.56. The highest BCUT2D eigenvalue weighted by molar-refractivity contribution is 5.89. The van der Waals surface area contributed by atoms with Gasteiger partial charge in [0.2, 0.25) is 0 Å². The number of anilines is 1. The molecule has 1 N–H and O–H groups in total. The Hall–Kier alpha value is -2.17. The van der Waals surface area contributed by atoms with E-state index in [9.17, 15) is 9.18 Å². The number of benzene rings is 1. The maximum absolute atomic E-state index is 13.6. The predicted molar refractivity (Wildman–Crippen MR) is 71.6 cm³/mol. The van der Waals surface area contributed by atoms with Crippen molar-refractivity contribution < 1.29 is 13.9 Å². The van der Waals surface area contributed by atoms with E-state index in [0.29, 0.717) is 10.8 Å². The van der Waals surface area contributed by atoms with Crippen molar-refractivity contribution in [3.05, 3.63) is 36.3 Å². The van der Waals surface area contributed by atoms with Crippen molar-refractivity contribution in [2.75, 3.05) is 5.32 Å². The molecular formula is C14H15FN2O2. The van der Waals surface area contributed by atoms with Gasteiger partial charge in [-0.3, -0.25) is 5.32 Å². The zero-order chi connectivity index (χ0) is 14.0. The second-order valence-corrected chi connectivity index (χ2v) is 5.16. The van der Waals surface area contributed by atoms with Crippen LogP contribution in [0.3, 0.4) is 0 Å². The summed E-state index contributed by atoms with van der Waals surface area (Å²) in [6, 6.07) is 6.21. The molecule has 0 spiro atoms. The highest BCUT2D eigenvalue weighted by atomic mass is 19.1. The van der Waals surface area contributed by atoms with Crippen LogP contribution in [0.2, 0.25) is 0 Å². The summed E-state index contributed by atoms with van der Waals surface area (Å²) < 4.78 is 18.7. The fourth-order valence-electron chi connectivity index (χ4n) is 1.61. The van der Waals surface area contributed by atoms with Crippen LogP contribution >= 0.6 is 0 Å². The van der Waals surface area contributed by atoms with Crippen LogP contribution in [-0.2, 0) is 4.74 Å². The molecule has 2 aromatic rings. The average molecular weight is 262 g/mol. The Morgan fingerprint density at radius 1 is 1.37 bits per heavy atom. The smallest absolute Gasteiger partial charge is 0.413 e. The van der Waals surface area contributed by atoms with E-state index >= 15 is 0 Å². The third kappa shape index (κ3) is 3.40. The molecule has 1 aromatic heterocycles. The SMILES string of the molecule is CC(C)(C)OC(=O)Nc1cc2c(F)cccc2cn1. The number of ether oxygens (including phenoxy) is 1. The average Bonchev–Trinajstić information content (AvgIpc) is 2.27. The van der Waals surface area contributed by atoms with Gasteiger partial charge in [0, 0.05) is 17.0 Å². The molecule has 0 saturated heterocycles. The van der Waals surface area contributed by atoms with Crippen LogP contribution in [0.5, 0.6) is 0 Å². The van der Waals surface area contributed by atoms with Gasteiger partial charge in [0.1, 0.15) is 17.2 Å². The van der Waals surface area contributed by atoms with Crippen LogP contribution in [0.15, 0.2) is 30.5 Å². The molecule has 1 aromatic carbocycles. The third-order valence-corrected chi connectivity index (χ3v) is 2.34. The first-order valence-electron chi connectivity index (χ1n) is 5.89. The number of hydrogen-bond donors (Lipinski definition) is 1. The van der Waals surface area contributed by atoms with Gasteiger partial charge in [0.15, 0.2) is 0 Å². The van der Waals surface area contributed by atoms with Gasteiger partial charge in [-0.05, 0) is 32.9 Å². The van der Waals surface area contributed by atoms with Gasteiger partial charge >= 0.3 is 6.09 Å². The zero-order valence-electron chi connectivity index (χ0n) is 11.0. The lowest BCUT2D eigenvalue weighted by atomic mass is 10.1. The summed E-state index contributed by atoms with van der Waals surface area (Å²) >= 11 is 0. The van der Waals surface area contributed by atoms with E-state index in [4.69, 9.17) is 4.74 Å². The molecule has 5 heteroatoms. The lowest BCUT2D eigenvalue weighted by molar-refractivity contribution is 0.0635. The van der Waals surface area contributed by atoms with Gasteiger partial charge in [-0.2, -0.15) is 0 Å². The predicted octanol–water partition coefficient (Wildman–Crippen LogP) is 3.72. The zero-order valence-corrected chi connectivity index (χ0v) is 11.0. The summed E-state index contributed by atoms with van der Waals surface area (Å²) in [5.41, 5.74) is -0.591. The second kappa shape index (κ2) is 4.84. The fourth-order valence-corrected chi connectivity index (χ4v) is 1.61. The highest BCUT2D eigenvalue weighted by Crippen LogP contribution is 2.20. The summed E-state index contributed by atoms with van der Waals surface area (Å²) in [6.45, 7) is 5.29. The van der Waals surface area contributed by atoms with Gasteiger partial charge in [0.05, 0.1) is 0 Å². The Morgan fingerprint density at radius 3 is 2.79 bits per heavy atom. The molecule has 0 fully saturated rings. The van der Waals surface area contributed by atoms with E-state index in [2.05, 4.69) is 10.3 Å². The van der Waals surface area contributed by atoms with E-state index in [1.165, 1.54) is 18.3 Å². The molecule has 1 heterocycles. The molecule has 100 valence electrons. The van der Waals surface area contributed by atoms with Crippen molar-refractivity contribution in [3.63, 3.8) is 0 Å². The Balaban J connectivity index is 2.22. The van der Waals surface area contributed by atoms with E-state index in [1.54, 1.807) is 32.9 Å². The fraction of sp³-hybridized carbons (Fsp3) is 0.286. The molecule has 0 aliphatic carbocycles. The Morgan fingerprint density at radius 2 is 2.11 bits per heavy atom. The van der Waals surface area contributed by atoms with E-state index in [-0.39, 0.29) is 11.6 Å². The van der Waals surface area contributed by atoms with Crippen molar-refractivity contribution in [1.29, 1.82) is 0 Å². The number of halogens is 1. The molecule has 19 heavy (non-hydrogen) atoms. The van der Waals surface area contributed by atoms with Crippen LogP contribution in [-0.4, -0.2) is 16.7 Å². The standard InChI is InChI=1S/C14H15FN2O2/c1-14(2,3)19-13(18)17-12-7-10-9(8-16-12)5-4-6-11(10)15/h4-8H,1-3H3,(H,16,17,18). The van der Waals surface area contributed by atoms with Gasteiger partial charge in [-0.1, -0.05) is 12.1 Å². The van der Waals surface area contributed by atoms with E-state index < -0.39 is 11.7 Å². The van der Waals surface area contributed by atoms with Crippen LogP contribution in [0, 0.1) is 5.82 Å². The Kier molecular flexibility index (Phi) is 3.38. The van der Waals surface area contributed by atoms with Gasteiger partial charge in [-0.15, -0.1) is 0 Å². The van der Waals surface area contributed by atoms with Gasteiger partial charge < -0.3 is 4.74 Å². The van der Waals surface area contributed by atoms with Crippen LogP contribution in [0.4, 0.5) is 15.0 Å². The monoisotopic (exact) mass is 262 g/mol. The number of pyridine rings is 1. The number of hydrogen-bond acceptors (Lipinski definition) is 3. The summed E-state index contributed by atoms with van der Waals surface area (Å²) in [5.74, 6) is -0.0982. The first-order chi connectivity index (χ1) is 8.85. The Bertz CT molecular complexity index is 620. The molecule has 0 unspecified atom stereocenters. The molecule has 2 rings (SSSR count). The number of carbonyl (C=O) groups is 1. The minimum atomic E-state index is -0.615. The number of amides is 1. The number of nitrogens with one attached hydrogen (secondary N) is 1. The number of rotatable bonds is 1. The molecule has 0 bridgehead atoms. The largest absolute Gasteiger partial charge is 0.444 e. The molecule has 0 aliphatic rings. The van der Waals surface area contributed by atoms with E-state index in [0.717, 1.165) is 0 Å². The Labute approximate surface area is 110 Å². The van der Waals surface area contributed by atoms with Crippen molar-refractivity contribution in [2.24, 2.45) is 0 Å². The summed E-state index contributed by atoms with van der Waals surface area (Å²) in [6.07, 6.45) is 0.890. The maximum Gasteiger partial charge on any atom is 0.413 e. The molecule has 0 saturated carbocycles. The molecular weight excluding hydrogens is 247 g/mol. The molecule has 0 radical (unpaired) electrons. The van der Waals surface area contributed by atoms with Crippen LogP contribution in [0.25, 0.3) is 10.8 Å². The first kappa shape index (κ1) is 13.3. The molecule has 0 atom stereocenters. The molecule has 4 nitrogen and oxygen atoms in total. The normalized spacial score (nSPS) is 11.4. The van der Waals surface area contributed by atoms with Crippen molar-refractivity contribution in [1.82, 2.24) is 4.98 Å². The third-order valence-electron chi connectivity index (χ3n) is 2.34. The molecule has 1 amide bonds. The summed E-state index contributed by atoms with van der Waals surface area (Å²) in [7, 11) is 0. The first-order valence-corrected chi connectivity index (χ1v) is 5.89. The second-order valence-electron chi connectivity index (χ2n) is 5.16. The lowest BCUT2D eigenvalue weighted by Gasteiger charge is -2.19. The quantitative estimate of drug-likeness (QED) is 0.852. The minimum Gasteiger partial charge on any atom is -0.444 e. The van der Waals surface area contributed by atoms with Gasteiger partial charge in [0.25, 0.3) is 0 Å². The highest BCUT2D eigenvalue weighted by Gasteiger charge is 2.16. The molecule has 0 aliphatic heterocycles. The van der Waals surface area contributed by atoms with E-state index in [1.807, 2.05) is 0 Å². The number of nitrogens with zero attached hydrogens (tertiary/aromatic N) is 1. The maximum atomic E-state index is 13.6. The van der Waals surface area contributed by atoms with Crippen molar-refractivity contribution in [3.8, 4) is 0 Å².